The Morgan fingerprint density at radius 2 is 2.30 bits per heavy atom. The van der Waals surface area contributed by atoms with E-state index in [1.165, 1.54) is 15.7 Å². The molecule has 1 N–H and O–H groups in total. The summed E-state index contributed by atoms with van der Waals surface area (Å²) in [5.41, 5.74) is -0.0303. The summed E-state index contributed by atoms with van der Waals surface area (Å²) in [7, 11) is 0. The van der Waals surface area contributed by atoms with E-state index >= 15 is 0 Å². The Balaban J connectivity index is 2.10. The predicted octanol–water partition coefficient (Wildman–Crippen LogP) is 4.30. The van der Waals surface area contributed by atoms with Crippen molar-refractivity contribution in [2.45, 2.75) is 0 Å². The van der Waals surface area contributed by atoms with Crippen molar-refractivity contribution in [2.75, 3.05) is 0 Å². The second-order valence-electron chi connectivity index (χ2n) is 3.80. The number of hydrogen-bond donors (Lipinski definition) is 1. The van der Waals surface area contributed by atoms with Gasteiger partial charge in [-0.25, -0.2) is 4.79 Å². The molecule has 0 bridgehead atoms. The molecule has 0 fully saturated rings. The fourth-order valence-electron chi connectivity index (χ4n) is 1.69. The van der Waals surface area contributed by atoms with Gasteiger partial charge in [0, 0.05) is 16.0 Å². The van der Waals surface area contributed by atoms with E-state index in [0.717, 1.165) is 4.47 Å². The monoisotopic (exact) mass is 372 g/mol. The van der Waals surface area contributed by atoms with Crippen LogP contribution in [0.15, 0.2) is 34.2 Å². The van der Waals surface area contributed by atoms with E-state index in [-0.39, 0.29) is 11.6 Å². The van der Waals surface area contributed by atoms with Crippen molar-refractivity contribution < 1.29 is 14.6 Å². The first-order valence-corrected chi connectivity index (χ1v) is 7.43. The van der Waals surface area contributed by atoms with Gasteiger partial charge in [-0.3, -0.25) is 4.40 Å². The third-order valence-electron chi connectivity index (χ3n) is 2.53. The van der Waals surface area contributed by atoms with Gasteiger partial charge in [-0.1, -0.05) is 27.5 Å². The summed E-state index contributed by atoms with van der Waals surface area (Å²) in [6, 6.07) is 5.07. The molecule has 3 rings (SSSR count). The fourth-order valence-corrected chi connectivity index (χ4v) is 2.89. The molecule has 0 aliphatic carbocycles. The Labute approximate surface area is 130 Å². The van der Waals surface area contributed by atoms with Gasteiger partial charge in [-0.2, -0.15) is 4.98 Å². The molecule has 1 aromatic carbocycles. The van der Waals surface area contributed by atoms with Crippen LogP contribution >= 0.6 is 38.9 Å². The van der Waals surface area contributed by atoms with Crippen LogP contribution in [0.3, 0.4) is 0 Å². The molecular weight excluding hydrogens is 368 g/mol. The van der Waals surface area contributed by atoms with Crippen molar-refractivity contribution in [1.29, 1.82) is 0 Å². The lowest BCUT2D eigenvalue weighted by Gasteiger charge is -2.06. The van der Waals surface area contributed by atoms with Crippen molar-refractivity contribution in [2.24, 2.45) is 0 Å². The van der Waals surface area contributed by atoms with Crippen LogP contribution in [-0.4, -0.2) is 20.5 Å². The molecule has 20 heavy (non-hydrogen) atoms. The summed E-state index contributed by atoms with van der Waals surface area (Å²) in [5, 5.41) is 11.4. The summed E-state index contributed by atoms with van der Waals surface area (Å²) >= 11 is 10.7. The molecular formula is C12H6BrClN2O3S. The lowest BCUT2D eigenvalue weighted by Crippen LogP contribution is -2.02. The molecule has 5 nitrogen and oxygen atoms in total. The highest BCUT2D eigenvalue weighted by atomic mass is 79.9. The maximum Gasteiger partial charge on any atom is 0.358 e. The molecule has 102 valence electrons. The Hall–Kier alpha value is -1.57. The molecule has 0 aliphatic rings. The van der Waals surface area contributed by atoms with Crippen LogP contribution < -0.4 is 4.74 Å². The molecule has 2 heterocycles. The average molecular weight is 374 g/mol. The number of thiazole rings is 1. The molecule has 0 atom stereocenters. The number of aromatic nitrogens is 2. The predicted molar refractivity (Wildman–Crippen MR) is 79.3 cm³/mol. The van der Waals surface area contributed by atoms with E-state index in [2.05, 4.69) is 20.9 Å². The number of imidazole rings is 1. The Morgan fingerprint density at radius 1 is 1.50 bits per heavy atom. The Bertz CT molecular complexity index is 814. The molecule has 0 aliphatic heterocycles. The summed E-state index contributed by atoms with van der Waals surface area (Å²) in [5.74, 6) is -0.754. The first-order chi connectivity index (χ1) is 9.56. The SMILES string of the molecule is O=C(O)c1c(Oc2cc(Br)ccc2Cl)nc2sccn12. The standard InChI is InChI=1S/C12H6BrClN2O3S/c13-6-1-2-7(14)8(5-6)19-10-9(11(17)18)16-3-4-20-12(16)15-10/h1-5H,(H,17,18). The fraction of sp³-hybridized carbons (Fsp3) is 0. The number of aromatic carboxylic acids is 1. The van der Waals surface area contributed by atoms with Crippen molar-refractivity contribution in [3.63, 3.8) is 0 Å². The smallest absolute Gasteiger partial charge is 0.358 e. The highest BCUT2D eigenvalue weighted by Gasteiger charge is 2.22. The lowest BCUT2D eigenvalue weighted by molar-refractivity contribution is 0.0686. The number of ether oxygens (including phenoxy) is 1. The van der Waals surface area contributed by atoms with Crippen LogP contribution in [0.25, 0.3) is 4.96 Å². The zero-order chi connectivity index (χ0) is 14.3. The van der Waals surface area contributed by atoms with Crippen LogP contribution in [0.1, 0.15) is 10.5 Å². The number of carboxylic acid groups (broad SMARTS) is 1. The lowest BCUT2D eigenvalue weighted by atomic mass is 10.3. The minimum Gasteiger partial charge on any atom is -0.476 e. The highest BCUT2D eigenvalue weighted by Crippen LogP contribution is 2.34. The number of fused-ring (bicyclic) bond motifs is 1. The van der Waals surface area contributed by atoms with Crippen LogP contribution in [0.4, 0.5) is 0 Å². The van der Waals surface area contributed by atoms with E-state index in [1.807, 2.05) is 0 Å². The topological polar surface area (TPSA) is 63.8 Å². The maximum absolute atomic E-state index is 11.4. The minimum atomic E-state index is -1.11. The summed E-state index contributed by atoms with van der Waals surface area (Å²) in [4.78, 5) is 16.1. The molecule has 0 saturated heterocycles. The van der Waals surface area contributed by atoms with Gasteiger partial charge in [0.1, 0.15) is 5.75 Å². The molecule has 2 aromatic heterocycles. The molecule has 0 radical (unpaired) electrons. The van der Waals surface area contributed by atoms with E-state index in [4.69, 9.17) is 16.3 Å². The van der Waals surface area contributed by atoms with Crippen molar-refractivity contribution in [3.8, 4) is 11.6 Å². The molecule has 0 amide bonds. The van der Waals surface area contributed by atoms with Crippen LogP contribution in [-0.2, 0) is 0 Å². The van der Waals surface area contributed by atoms with Gasteiger partial charge in [0.2, 0.25) is 0 Å². The molecule has 3 aromatic rings. The number of rotatable bonds is 3. The van der Waals surface area contributed by atoms with Gasteiger partial charge in [0.05, 0.1) is 5.02 Å². The second kappa shape index (κ2) is 5.08. The Morgan fingerprint density at radius 3 is 3.05 bits per heavy atom. The molecule has 0 saturated carbocycles. The summed E-state index contributed by atoms with van der Waals surface area (Å²) < 4.78 is 7.80. The van der Waals surface area contributed by atoms with Crippen LogP contribution in [0.2, 0.25) is 5.02 Å². The third-order valence-corrected chi connectivity index (χ3v) is 4.09. The van der Waals surface area contributed by atoms with E-state index in [1.54, 1.807) is 29.8 Å². The van der Waals surface area contributed by atoms with E-state index in [9.17, 15) is 9.90 Å². The highest BCUT2D eigenvalue weighted by molar-refractivity contribution is 9.10. The zero-order valence-corrected chi connectivity index (χ0v) is 12.9. The first kappa shape index (κ1) is 13.4. The largest absolute Gasteiger partial charge is 0.476 e. The van der Waals surface area contributed by atoms with Gasteiger partial charge in [0.25, 0.3) is 5.88 Å². The van der Waals surface area contributed by atoms with Crippen molar-refractivity contribution in [3.05, 3.63) is 45.0 Å². The summed E-state index contributed by atoms with van der Waals surface area (Å²) in [6.07, 6.45) is 1.63. The van der Waals surface area contributed by atoms with E-state index < -0.39 is 5.97 Å². The third kappa shape index (κ3) is 2.28. The number of carboxylic acids is 1. The number of benzene rings is 1. The normalized spacial score (nSPS) is 10.9. The second-order valence-corrected chi connectivity index (χ2v) is 6.00. The first-order valence-electron chi connectivity index (χ1n) is 5.38. The number of nitrogens with zero attached hydrogens (tertiary/aromatic N) is 2. The summed E-state index contributed by atoms with van der Waals surface area (Å²) in [6.45, 7) is 0. The van der Waals surface area contributed by atoms with E-state index in [0.29, 0.717) is 15.7 Å². The average Bonchev–Trinajstić information content (AvgIpc) is 2.93. The number of halogens is 2. The van der Waals surface area contributed by atoms with Gasteiger partial charge >= 0.3 is 5.97 Å². The number of hydrogen-bond acceptors (Lipinski definition) is 4. The van der Waals surface area contributed by atoms with Crippen LogP contribution in [0.5, 0.6) is 11.6 Å². The number of carbonyl (C=O) groups is 1. The van der Waals surface area contributed by atoms with Gasteiger partial charge < -0.3 is 9.84 Å². The van der Waals surface area contributed by atoms with Crippen LogP contribution in [0, 0.1) is 0 Å². The van der Waals surface area contributed by atoms with Gasteiger partial charge in [-0.15, -0.1) is 11.3 Å². The maximum atomic E-state index is 11.4. The Kier molecular flexibility index (Phi) is 3.41. The van der Waals surface area contributed by atoms with Gasteiger partial charge in [-0.05, 0) is 18.2 Å². The quantitative estimate of drug-likeness (QED) is 0.743. The molecule has 0 spiro atoms. The van der Waals surface area contributed by atoms with Gasteiger partial charge in [0.15, 0.2) is 10.7 Å². The molecule has 8 heteroatoms. The van der Waals surface area contributed by atoms with Crippen molar-refractivity contribution in [1.82, 2.24) is 9.38 Å². The zero-order valence-electron chi connectivity index (χ0n) is 9.71. The molecule has 0 unspecified atom stereocenters. The van der Waals surface area contributed by atoms with Crippen molar-refractivity contribution >= 4 is 49.8 Å². The minimum absolute atomic E-state index is 0.0179.